The summed E-state index contributed by atoms with van der Waals surface area (Å²) in [6.07, 6.45) is 1.66. The van der Waals surface area contributed by atoms with Crippen LogP contribution < -0.4 is 15.9 Å². The van der Waals surface area contributed by atoms with Gasteiger partial charge in [-0.15, -0.1) is 10.2 Å². The lowest BCUT2D eigenvalue weighted by molar-refractivity contribution is -0.120. The molecule has 0 saturated carbocycles. The van der Waals surface area contributed by atoms with E-state index in [4.69, 9.17) is 10.5 Å². The van der Waals surface area contributed by atoms with Crippen LogP contribution in [0.5, 0.6) is 5.75 Å². The molecule has 30 heavy (non-hydrogen) atoms. The number of hydrogen-bond donors (Lipinski definition) is 2. The van der Waals surface area contributed by atoms with Gasteiger partial charge in [-0.3, -0.25) is 4.79 Å². The van der Waals surface area contributed by atoms with E-state index in [9.17, 15) is 4.79 Å². The first kappa shape index (κ1) is 19.5. The molecule has 0 unspecified atom stereocenters. The van der Waals surface area contributed by atoms with Crippen LogP contribution in [0.2, 0.25) is 0 Å². The highest BCUT2D eigenvalue weighted by Gasteiger charge is 2.07. The summed E-state index contributed by atoms with van der Waals surface area (Å²) in [6.45, 7) is 0.487. The predicted octanol–water partition coefficient (Wildman–Crippen LogP) is 3.55. The summed E-state index contributed by atoms with van der Waals surface area (Å²) >= 11 is 1.18. The number of benzene rings is 3. The number of nitrogens with one attached hydrogen (secondary N) is 1. The van der Waals surface area contributed by atoms with E-state index < -0.39 is 0 Å². The van der Waals surface area contributed by atoms with Crippen LogP contribution in [0.3, 0.4) is 0 Å². The minimum atomic E-state index is -0.280. The maximum absolute atomic E-state index is 11.8. The number of anilines is 1. The Balaban J connectivity index is 1.30. The van der Waals surface area contributed by atoms with Crippen LogP contribution in [0.1, 0.15) is 16.1 Å². The Labute approximate surface area is 177 Å². The molecule has 1 amide bonds. The molecule has 0 spiro atoms. The second kappa shape index (κ2) is 9.15. The van der Waals surface area contributed by atoms with Crippen LogP contribution in [0, 0.1) is 0 Å². The van der Waals surface area contributed by atoms with Gasteiger partial charge < -0.3 is 10.5 Å². The van der Waals surface area contributed by atoms with Crippen LogP contribution in [0.15, 0.2) is 71.8 Å². The van der Waals surface area contributed by atoms with Crippen molar-refractivity contribution in [3.05, 3.63) is 82.9 Å². The third-order valence-electron chi connectivity index (χ3n) is 4.35. The van der Waals surface area contributed by atoms with E-state index in [0.717, 1.165) is 16.9 Å². The summed E-state index contributed by atoms with van der Waals surface area (Å²) < 4.78 is 5.93. The molecule has 150 valence electrons. The lowest BCUT2D eigenvalue weighted by Crippen LogP contribution is -2.19. The van der Waals surface area contributed by atoms with Crippen molar-refractivity contribution in [1.29, 1.82) is 0 Å². The molecule has 4 aromatic rings. The maximum Gasteiger partial charge on any atom is 0.247 e. The zero-order valence-electron chi connectivity index (χ0n) is 16.0. The zero-order valence-corrected chi connectivity index (χ0v) is 16.8. The van der Waals surface area contributed by atoms with E-state index in [0.29, 0.717) is 16.7 Å². The van der Waals surface area contributed by atoms with E-state index in [2.05, 4.69) is 45.0 Å². The molecule has 7 nitrogen and oxygen atoms in total. The molecule has 0 fully saturated rings. The summed E-state index contributed by atoms with van der Waals surface area (Å²) in [4.78, 5) is 11.8. The van der Waals surface area contributed by atoms with Crippen LogP contribution >= 0.6 is 11.3 Å². The number of nitrogens with two attached hydrogens (primary N) is 1. The van der Waals surface area contributed by atoms with Gasteiger partial charge in [0.25, 0.3) is 0 Å². The van der Waals surface area contributed by atoms with Gasteiger partial charge >= 0.3 is 0 Å². The van der Waals surface area contributed by atoms with E-state index in [1.807, 2.05) is 42.5 Å². The number of aromatic nitrogens is 2. The van der Waals surface area contributed by atoms with Crippen molar-refractivity contribution in [2.24, 2.45) is 5.10 Å². The second-order valence-corrected chi connectivity index (χ2v) is 7.59. The summed E-state index contributed by atoms with van der Waals surface area (Å²) in [6, 6.07) is 21.9. The summed E-state index contributed by atoms with van der Waals surface area (Å²) in [7, 11) is 0. The molecule has 3 N–H and O–H groups in total. The number of ether oxygens (including phenoxy) is 1. The number of carbonyl (C=O) groups excluding carboxylic acids is 1. The average Bonchev–Trinajstić information content (AvgIpc) is 3.17. The van der Waals surface area contributed by atoms with Crippen LogP contribution in [0.25, 0.3) is 10.8 Å². The Morgan fingerprint density at radius 3 is 2.67 bits per heavy atom. The average molecular weight is 417 g/mol. The molecule has 0 aliphatic carbocycles. The molecule has 3 aromatic carbocycles. The largest absolute Gasteiger partial charge is 0.489 e. The highest BCUT2D eigenvalue weighted by Crippen LogP contribution is 2.21. The normalized spacial score (nSPS) is 11.1. The quantitative estimate of drug-likeness (QED) is 0.354. The lowest BCUT2D eigenvalue weighted by Gasteiger charge is -2.09. The molecular formula is C22H19N5O2S. The molecule has 0 bridgehead atoms. The highest BCUT2D eigenvalue weighted by atomic mass is 32.1. The Morgan fingerprint density at radius 1 is 1.07 bits per heavy atom. The monoisotopic (exact) mass is 417 g/mol. The van der Waals surface area contributed by atoms with E-state index in [1.54, 1.807) is 6.21 Å². The molecule has 4 rings (SSSR count). The number of rotatable bonds is 7. The molecule has 0 saturated heterocycles. The van der Waals surface area contributed by atoms with Gasteiger partial charge in [-0.1, -0.05) is 53.8 Å². The topological polar surface area (TPSA) is 102 Å². The van der Waals surface area contributed by atoms with Gasteiger partial charge in [-0.2, -0.15) is 5.10 Å². The van der Waals surface area contributed by atoms with Gasteiger partial charge in [0.05, 0.1) is 12.6 Å². The van der Waals surface area contributed by atoms with E-state index in [-0.39, 0.29) is 12.3 Å². The molecule has 0 aliphatic heterocycles. The van der Waals surface area contributed by atoms with Crippen molar-refractivity contribution < 1.29 is 9.53 Å². The van der Waals surface area contributed by atoms with Crippen molar-refractivity contribution in [3.8, 4) is 5.75 Å². The highest BCUT2D eigenvalue weighted by molar-refractivity contribution is 7.15. The molecule has 0 radical (unpaired) electrons. The van der Waals surface area contributed by atoms with Crippen LogP contribution in [0.4, 0.5) is 5.13 Å². The Kier molecular flexibility index (Phi) is 5.95. The fourth-order valence-corrected chi connectivity index (χ4v) is 3.53. The first-order valence-electron chi connectivity index (χ1n) is 9.26. The first-order valence-corrected chi connectivity index (χ1v) is 10.1. The van der Waals surface area contributed by atoms with Crippen LogP contribution in [-0.4, -0.2) is 22.3 Å². The summed E-state index contributed by atoms with van der Waals surface area (Å²) in [5.41, 5.74) is 9.94. The molecule has 8 heteroatoms. The smallest absolute Gasteiger partial charge is 0.247 e. The third-order valence-corrected chi connectivity index (χ3v) is 5.10. The van der Waals surface area contributed by atoms with Crippen LogP contribution in [-0.2, 0) is 17.8 Å². The number of nitrogens with zero attached hydrogens (tertiary/aromatic N) is 3. The predicted molar refractivity (Wildman–Crippen MR) is 118 cm³/mol. The zero-order chi connectivity index (χ0) is 20.8. The van der Waals surface area contributed by atoms with Gasteiger partial charge in [0.2, 0.25) is 11.0 Å². The Hall–Kier alpha value is -3.78. The molecule has 1 aromatic heterocycles. The van der Waals surface area contributed by atoms with Crippen molar-refractivity contribution in [3.63, 3.8) is 0 Å². The first-order chi connectivity index (χ1) is 14.7. The lowest BCUT2D eigenvalue weighted by atomic mass is 10.1. The number of nitrogen functional groups attached to an aromatic ring is 1. The van der Waals surface area contributed by atoms with Crippen molar-refractivity contribution in [2.45, 2.75) is 13.0 Å². The number of fused-ring (bicyclic) bond motifs is 1. The van der Waals surface area contributed by atoms with Crippen molar-refractivity contribution in [2.75, 3.05) is 5.73 Å². The summed E-state index contributed by atoms with van der Waals surface area (Å²) in [5, 5.41) is 14.7. The molecule has 0 aliphatic rings. The fraction of sp³-hybridized carbons (Fsp3) is 0.0909. The Bertz CT molecular complexity index is 1180. The Morgan fingerprint density at radius 2 is 1.87 bits per heavy atom. The van der Waals surface area contributed by atoms with Gasteiger partial charge in [-0.25, -0.2) is 5.43 Å². The molecule has 1 heterocycles. The van der Waals surface area contributed by atoms with Gasteiger partial charge in [0, 0.05) is 0 Å². The minimum absolute atomic E-state index is 0.0904. The number of carbonyl (C=O) groups is 1. The SMILES string of the molecule is Nc1nnc(CC(=O)NN=Cc2ccc(OCc3cccc4ccccc34)cc2)s1. The fourth-order valence-electron chi connectivity index (χ4n) is 2.92. The molecule has 0 atom stereocenters. The van der Waals surface area contributed by atoms with Crippen molar-refractivity contribution >= 4 is 39.4 Å². The van der Waals surface area contributed by atoms with Gasteiger partial charge in [0.1, 0.15) is 17.4 Å². The third kappa shape index (κ3) is 4.98. The second-order valence-electron chi connectivity index (χ2n) is 6.50. The van der Waals surface area contributed by atoms with Gasteiger partial charge in [0.15, 0.2) is 0 Å². The summed E-state index contributed by atoms with van der Waals surface area (Å²) in [5.74, 6) is 0.482. The molecular weight excluding hydrogens is 398 g/mol. The standard InChI is InChI=1S/C22H19N5O2S/c23-22-27-26-21(30-22)12-20(28)25-24-13-15-8-10-18(11-9-15)29-14-17-6-3-5-16-4-1-2-7-19(16)17/h1-11,13H,12,14H2,(H2,23,27)(H,25,28). The maximum atomic E-state index is 11.8. The minimum Gasteiger partial charge on any atom is -0.489 e. The van der Waals surface area contributed by atoms with Crippen molar-refractivity contribution in [1.82, 2.24) is 15.6 Å². The van der Waals surface area contributed by atoms with E-state index in [1.165, 1.54) is 22.1 Å². The van der Waals surface area contributed by atoms with Gasteiger partial charge in [-0.05, 0) is 46.2 Å². The number of hydrazone groups is 1. The number of hydrogen-bond acceptors (Lipinski definition) is 7. The van der Waals surface area contributed by atoms with E-state index >= 15 is 0 Å². The number of amides is 1.